The van der Waals surface area contributed by atoms with Crippen LogP contribution in [-0.4, -0.2) is 12.6 Å². The van der Waals surface area contributed by atoms with Gasteiger partial charge in [-0.2, -0.15) is 0 Å². The van der Waals surface area contributed by atoms with Crippen LogP contribution >= 0.6 is 11.3 Å². The van der Waals surface area contributed by atoms with Crippen molar-refractivity contribution in [2.45, 2.75) is 26.7 Å². The van der Waals surface area contributed by atoms with Gasteiger partial charge in [-0.05, 0) is 19.4 Å². The van der Waals surface area contributed by atoms with Gasteiger partial charge in [0.15, 0.2) is 0 Å². The number of hydrogen-bond acceptors (Lipinski definition) is 4. The van der Waals surface area contributed by atoms with Crippen LogP contribution in [0.3, 0.4) is 0 Å². The molecule has 0 saturated carbocycles. The number of nitrogens with two attached hydrogens (primary N) is 1. The number of anilines is 1. The standard InChI is InChI=1S/C10H15NO2S/c1-3-5-7-6-8(11)9(14-7)10(12)13-4-2/h6H,3-5,11H2,1-2H3. The Labute approximate surface area is 87.9 Å². The summed E-state index contributed by atoms with van der Waals surface area (Å²) in [4.78, 5) is 13.1. The highest BCUT2D eigenvalue weighted by Gasteiger charge is 2.14. The Kier molecular flexibility index (Phi) is 3.95. The van der Waals surface area contributed by atoms with Crippen molar-refractivity contribution in [3.05, 3.63) is 15.8 Å². The van der Waals surface area contributed by atoms with E-state index in [-0.39, 0.29) is 5.97 Å². The van der Waals surface area contributed by atoms with Crippen molar-refractivity contribution in [2.75, 3.05) is 12.3 Å². The van der Waals surface area contributed by atoms with E-state index in [1.807, 2.05) is 6.07 Å². The molecule has 1 aromatic heterocycles. The fourth-order valence-electron chi connectivity index (χ4n) is 1.18. The summed E-state index contributed by atoms with van der Waals surface area (Å²) >= 11 is 1.43. The number of nitrogen functional groups attached to an aromatic ring is 1. The highest BCUT2D eigenvalue weighted by Crippen LogP contribution is 2.26. The topological polar surface area (TPSA) is 52.3 Å². The van der Waals surface area contributed by atoms with Crippen LogP contribution in [0.5, 0.6) is 0 Å². The molecule has 0 aromatic carbocycles. The molecule has 1 heterocycles. The minimum Gasteiger partial charge on any atom is -0.462 e. The molecule has 3 nitrogen and oxygen atoms in total. The zero-order valence-electron chi connectivity index (χ0n) is 8.50. The highest BCUT2D eigenvalue weighted by molar-refractivity contribution is 7.14. The zero-order chi connectivity index (χ0) is 10.6. The molecule has 1 rings (SSSR count). The third-order valence-corrected chi connectivity index (χ3v) is 2.96. The van der Waals surface area contributed by atoms with E-state index in [1.54, 1.807) is 6.92 Å². The number of rotatable bonds is 4. The lowest BCUT2D eigenvalue weighted by Crippen LogP contribution is -2.04. The van der Waals surface area contributed by atoms with E-state index < -0.39 is 0 Å². The Hall–Kier alpha value is -1.03. The van der Waals surface area contributed by atoms with Gasteiger partial charge in [-0.25, -0.2) is 4.79 Å². The molecule has 4 heteroatoms. The second-order valence-electron chi connectivity index (χ2n) is 2.97. The molecule has 0 fully saturated rings. The van der Waals surface area contributed by atoms with Crippen LogP contribution in [0.4, 0.5) is 5.69 Å². The largest absolute Gasteiger partial charge is 0.462 e. The van der Waals surface area contributed by atoms with Crippen LogP contribution in [0.15, 0.2) is 6.07 Å². The summed E-state index contributed by atoms with van der Waals surface area (Å²) in [5, 5.41) is 0. The number of ether oxygens (including phenoxy) is 1. The first-order chi connectivity index (χ1) is 6.69. The van der Waals surface area contributed by atoms with Gasteiger partial charge in [-0.3, -0.25) is 0 Å². The number of carbonyl (C=O) groups excluding carboxylic acids is 1. The van der Waals surface area contributed by atoms with E-state index in [9.17, 15) is 4.79 Å². The first-order valence-corrected chi connectivity index (χ1v) is 5.56. The van der Waals surface area contributed by atoms with Crippen LogP contribution in [0.2, 0.25) is 0 Å². The number of thiophene rings is 1. The van der Waals surface area contributed by atoms with Gasteiger partial charge in [-0.1, -0.05) is 13.3 Å². The van der Waals surface area contributed by atoms with E-state index in [0.717, 1.165) is 17.7 Å². The summed E-state index contributed by atoms with van der Waals surface area (Å²) in [6.45, 7) is 4.27. The molecule has 0 aliphatic rings. The van der Waals surface area contributed by atoms with Crippen LogP contribution < -0.4 is 5.73 Å². The van der Waals surface area contributed by atoms with Crippen LogP contribution in [0.1, 0.15) is 34.8 Å². The molecule has 0 spiro atoms. The molecular weight excluding hydrogens is 198 g/mol. The van der Waals surface area contributed by atoms with Crippen LogP contribution in [-0.2, 0) is 11.2 Å². The lowest BCUT2D eigenvalue weighted by atomic mass is 10.3. The van der Waals surface area contributed by atoms with Gasteiger partial charge in [0.05, 0.1) is 12.3 Å². The Bertz CT molecular complexity index is 320. The van der Waals surface area contributed by atoms with Crippen molar-refractivity contribution in [3.8, 4) is 0 Å². The second-order valence-corrected chi connectivity index (χ2v) is 4.10. The first kappa shape index (κ1) is 11.0. The number of aryl methyl sites for hydroxylation is 1. The van der Waals surface area contributed by atoms with E-state index in [0.29, 0.717) is 17.2 Å². The highest BCUT2D eigenvalue weighted by atomic mass is 32.1. The fraction of sp³-hybridized carbons (Fsp3) is 0.500. The number of hydrogen-bond donors (Lipinski definition) is 1. The van der Waals surface area contributed by atoms with Gasteiger partial charge in [0.2, 0.25) is 0 Å². The van der Waals surface area contributed by atoms with Crippen molar-refractivity contribution in [1.29, 1.82) is 0 Å². The summed E-state index contributed by atoms with van der Waals surface area (Å²) < 4.78 is 4.89. The summed E-state index contributed by atoms with van der Waals surface area (Å²) in [5.74, 6) is -0.308. The number of esters is 1. The zero-order valence-corrected chi connectivity index (χ0v) is 9.32. The van der Waals surface area contributed by atoms with Crippen molar-refractivity contribution in [2.24, 2.45) is 0 Å². The molecular formula is C10H15NO2S. The predicted octanol–water partition coefficient (Wildman–Crippen LogP) is 2.46. The number of carbonyl (C=O) groups is 1. The van der Waals surface area contributed by atoms with Gasteiger partial charge in [0.25, 0.3) is 0 Å². The first-order valence-electron chi connectivity index (χ1n) is 4.74. The lowest BCUT2D eigenvalue weighted by molar-refractivity contribution is 0.0533. The Morgan fingerprint density at radius 2 is 2.29 bits per heavy atom. The summed E-state index contributed by atoms with van der Waals surface area (Å²) in [6.07, 6.45) is 2.02. The van der Waals surface area contributed by atoms with Crippen molar-refractivity contribution < 1.29 is 9.53 Å². The summed E-state index contributed by atoms with van der Waals surface area (Å²) in [7, 11) is 0. The van der Waals surface area contributed by atoms with Gasteiger partial charge in [-0.15, -0.1) is 11.3 Å². The molecule has 2 N–H and O–H groups in total. The normalized spacial score (nSPS) is 10.1. The van der Waals surface area contributed by atoms with Crippen molar-refractivity contribution >= 4 is 23.0 Å². The fourth-order valence-corrected chi connectivity index (χ4v) is 2.26. The summed E-state index contributed by atoms with van der Waals surface area (Å²) in [6, 6.07) is 1.86. The molecule has 0 aliphatic carbocycles. The molecule has 0 unspecified atom stereocenters. The molecule has 0 radical (unpaired) electrons. The van der Waals surface area contributed by atoms with Gasteiger partial charge >= 0.3 is 5.97 Å². The molecule has 1 aromatic rings. The minimum atomic E-state index is -0.308. The third kappa shape index (κ3) is 2.48. The second kappa shape index (κ2) is 5.00. The minimum absolute atomic E-state index is 0.308. The average molecular weight is 213 g/mol. The monoisotopic (exact) mass is 213 g/mol. The molecule has 0 bridgehead atoms. The van der Waals surface area contributed by atoms with Gasteiger partial charge in [0, 0.05) is 4.88 Å². The summed E-state index contributed by atoms with van der Waals surface area (Å²) in [5.41, 5.74) is 6.25. The van der Waals surface area contributed by atoms with Gasteiger partial charge < -0.3 is 10.5 Å². The Morgan fingerprint density at radius 3 is 2.86 bits per heavy atom. The molecule has 0 amide bonds. The molecule has 0 aliphatic heterocycles. The van der Waals surface area contributed by atoms with Crippen molar-refractivity contribution in [1.82, 2.24) is 0 Å². The van der Waals surface area contributed by atoms with E-state index >= 15 is 0 Å². The van der Waals surface area contributed by atoms with E-state index in [2.05, 4.69) is 6.92 Å². The predicted molar refractivity (Wildman–Crippen MR) is 58.7 cm³/mol. The van der Waals surface area contributed by atoms with Crippen LogP contribution in [0.25, 0.3) is 0 Å². The smallest absolute Gasteiger partial charge is 0.350 e. The average Bonchev–Trinajstić information content (AvgIpc) is 2.48. The van der Waals surface area contributed by atoms with Crippen LogP contribution in [0, 0.1) is 0 Å². The Balaban J connectivity index is 2.81. The molecule has 14 heavy (non-hydrogen) atoms. The van der Waals surface area contributed by atoms with E-state index in [4.69, 9.17) is 10.5 Å². The maximum atomic E-state index is 11.4. The van der Waals surface area contributed by atoms with Gasteiger partial charge in [0.1, 0.15) is 4.88 Å². The Morgan fingerprint density at radius 1 is 1.57 bits per heavy atom. The van der Waals surface area contributed by atoms with Crippen molar-refractivity contribution in [3.63, 3.8) is 0 Å². The molecule has 0 atom stereocenters. The third-order valence-electron chi connectivity index (χ3n) is 1.77. The van der Waals surface area contributed by atoms with E-state index in [1.165, 1.54) is 11.3 Å². The quantitative estimate of drug-likeness (QED) is 0.782. The maximum Gasteiger partial charge on any atom is 0.350 e. The maximum absolute atomic E-state index is 11.4. The SMILES string of the molecule is CCCc1cc(N)c(C(=O)OCC)s1. The molecule has 0 saturated heterocycles. The molecule has 78 valence electrons. The lowest BCUT2D eigenvalue weighted by Gasteiger charge is -1.98.